The molecule has 0 amide bonds. The summed E-state index contributed by atoms with van der Waals surface area (Å²) in [5, 5.41) is 0.775. The molecule has 1 unspecified atom stereocenters. The van der Waals surface area contributed by atoms with Gasteiger partial charge in [-0.1, -0.05) is 6.58 Å². The van der Waals surface area contributed by atoms with Gasteiger partial charge < -0.3 is 4.52 Å². The van der Waals surface area contributed by atoms with Crippen LogP contribution in [0, 0.1) is 0 Å². The van der Waals surface area contributed by atoms with Crippen LogP contribution in [-0.2, 0) is 9.09 Å². The Morgan fingerprint density at radius 3 is 2.62 bits per heavy atom. The zero-order valence-corrected chi connectivity index (χ0v) is 5.78. The van der Waals surface area contributed by atoms with Crippen LogP contribution < -0.4 is 0 Å². The van der Waals surface area contributed by atoms with Crippen molar-refractivity contribution in [1.82, 2.24) is 0 Å². The lowest BCUT2D eigenvalue weighted by Crippen LogP contribution is -1.73. The van der Waals surface area contributed by atoms with Crippen molar-refractivity contribution < 1.29 is 9.09 Å². The molecule has 1 saturated heterocycles. The van der Waals surface area contributed by atoms with Gasteiger partial charge in [-0.25, -0.2) is 0 Å². The summed E-state index contributed by atoms with van der Waals surface area (Å²) in [6.45, 7) is 5.82. The highest BCUT2D eigenvalue weighted by Crippen LogP contribution is 2.56. The highest BCUT2D eigenvalue weighted by molar-refractivity contribution is 7.62. The minimum absolute atomic E-state index is 0.590. The van der Waals surface area contributed by atoms with Gasteiger partial charge >= 0.3 is 0 Å². The second-order valence-electron chi connectivity index (χ2n) is 2.00. The van der Waals surface area contributed by atoms with E-state index in [9.17, 15) is 4.57 Å². The highest BCUT2D eigenvalue weighted by atomic mass is 31.2. The Kier molecular flexibility index (Phi) is 1.30. The zero-order valence-electron chi connectivity index (χ0n) is 4.89. The standard InChI is InChI=1S/C5H9O2P/c1-5-3-4-7-8(5,2)6/h1,3-4H2,2H3. The monoisotopic (exact) mass is 132 g/mol. The smallest absolute Gasteiger partial charge is 0.224 e. The Bertz CT molecular complexity index is 162. The van der Waals surface area contributed by atoms with Crippen molar-refractivity contribution in [3.63, 3.8) is 0 Å². The molecule has 1 rings (SSSR count). The largest absolute Gasteiger partial charge is 0.325 e. The second kappa shape index (κ2) is 1.71. The summed E-state index contributed by atoms with van der Waals surface area (Å²) in [7, 11) is -2.33. The lowest BCUT2D eigenvalue weighted by Gasteiger charge is -2.00. The lowest BCUT2D eigenvalue weighted by molar-refractivity contribution is 0.354. The van der Waals surface area contributed by atoms with Crippen LogP contribution in [0.25, 0.3) is 0 Å². The molecule has 0 saturated carbocycles. The van der Waals surface area contributed by atoms with E-state index in [0.29, 0.717) is 6.61 Å². The van der Waals surface area contributed by atoms with Crippen LogP contribution in [0.2, 0.25) is 0 Å². The van der Waals surface area contributed by atoms with Crippen LogP contribution in [-0.4, -0.2) is 13.3 Å². The fraction of sp³-hybridized carbons (Fsp3) is 0.600. The molecule has 1 fully saturated rings. The fourth-order valence-corrected chi connectivity index (χ4v) is 1.75. The molecule has 46 valence electrons. The number of hydrogen-bond acceptors (Lipinski definition) is 2. The Morgan fingerprint density at radius 2 is 2.50 bits per heavy atom. The Hall–Kier alpha value is -0.0700. The van der Waals surface area contributed by atoms with Crippen LogP contribution in [0.3, 0.4) is 0 Å². The summed E-state index contributed by atoms with van der Waals surface area (Å²) < 4.78 is 15.9. The van der Waals surface area contributed by atoms with Gasteiger partial charge in [0.2, 0.25) is 7.37 Å². The van der Waals surface area contributed by atoms with Crippen LogP contribution in [0.4, 0.5) is 0 Å². The average Bonchev–Trinajstić information content (AvgIpc) is 1.86. The van der Waals surface area contributed by atoms with Crippen LogP contribution in [0.15, 0.2) is 11.9 Å². The molecule has 1 aliphatic heterocycles. The molecule has 0 aromatic heterocycles. The van der Waals surface area contributed by atoms with Crippen molar-refractivity contribution in [3.05, 3.63) is 11.9 Å². The first-order valence-electron chi connectivity index (χ1n) is 2.53. The van der Waals surface area contributed by atoms with Crippen LogP contribution >= 0.6 is 7.37 Å². The molecule has 0 radical (unpaired) electrons. The molecule has 0 spiro atoms. The fourth-order valence-electron chi connectivity index (χ4n) is 0.632. The molecular formula is C5H9O2P. The summed E-state index contributed by atoms with van der Waals surface area (Å²) in [4.78, 5) is 0. The Morgan fingerprint density at radius 1 is 1.88 bits per heavy atom. The van der Waals surface area contributed by atoms with Gasteiger partial charge in [0.25, 0.3) is 0 Å². The van der Waals surface area contributed by atoms with Gasteiger partial charge in [-0.05, 0) is 0 Å². The number of rotatable bonds is 0. The minimum atomic E-state index is -2.33. The third-order valence-electron chi connectivity index (χ3n) is 1.30. The first-order valence-corrected chi connectivity index (χ1v) is 4.60. The third-order valence-corrected chi connectivity index (χ3v) is 3.35. The average molecular weight is 132 g/mol. The summed E-state index contributed by atoms with van der Waals surface area (Å²) in [5.74, 6) is 0. The first-order chi connectivity index (χ1) is 3.63. The van der Waals surface area contributed by atoms with Gasteiger partial charge in [0.15, 0.2) is 0 Å². The molecule has 1 atom stereocenters. The van der Waals surface area contributed by atoms with E-state index < -0.39 is 7.37 Å². The van der Waals surface area contributed by atoms with Gasteiger partial charge in [0.05, 0.1) is 6.61 Å². The predicted octanol–water partition coefficient (Wildman–Crippen LogP) is 1.83. The maximum atomic E-state index is 11.0. The molecule has 0 aromatic rings. The van der Waals surface area contributed by atoms with Crippen molar-refractivity contribution >= 4 is 7.37 Å². The molecule has 0 bridgehead atoms. The van der Waals surface area contributed by atoms with Gasteiger partial charge in [-0.3, -0.25) is 4.57 Å². The molecule has 0 N–H and O–H groups in total. The normalized spacial score (nSPS) is 38.4. The van der Waals surface area contributed by atoms with Gasteiger partial charge in [0, 0.05) is 18.4 Å². The minimum Gasteiger partial charge on any atom is -0.325 e. The molecular weight excluding hydrogens is 123 g/mol. The Labute approximate surface area is 49.0 Å². The van der Waals surface area contributed by atoms with Crippen molar-refractivity contribution in [2.75, 3.05) is 13.3 Å². The van der Waals surface area contributed by atoms with Crippen molar-refractivity contribution in [2.24, 2.45) is 0 Å². The van der Waals surface area contributed by atoms with E-state index in [4.69, 9.17) is 4.52 Å². The van der Waals surface area contributed by atoms with Crippen LogP contribution in [0.5, 0.6) is 0 Å². The lowest BCUT2D eigenvalue weighted by atomic mass is 10.5. The van der Waals surface area contributed by atoms with Crippen LogP contribution in [0.1, 0.15) is 6.42 Å². The Balaban J connectivity index is 2.84. The molecule has 1 heterocycles. The topological polar surface area (TPSA) is 26.3 Å². The quantitative estimate of drug-likeness (QED) is 0.470. The summed E-state index contributed by atoms with van der Waals surface area (Å²) in [5.41, 5.74) is 0. The van der Waals surface area contributed by atoms with E-state index >= 15 is 0 Å². The van der Waals surface area contributed by atoms with E-state index in [-0.39, 0.29) is 0 Å². The van der Waals surface area contributed by atoms with Gasteiger partial charge in [0.1, 0.15) is 0 Å². The molecule has 0 aromatic carbocycles. The van der Waals surface area contributed by atoms with E-state index in [1.54, 1.807) is 6.66 Å². The molecule has 2 nitrogen and oxygen atoms in total. The predicted molar refractivity (Wildman–Crippen MR) is 33.2 cm³/mol. The van der Waals surface area contributed by atoms with E-state index in [1.165, 1.54) is 0 Å². The first kappa shape index (κ1) is 6.06. The number of hydrogen-bond donors (Lipinski definition) is 0. The molecule has 8 heavy (non-hydrogen) atoms. The van der Waals surface area contributed by atoms with Gasteiger partial charge in [-0.15, -0.1) is 0 Å². The molecule has 3 heteroatoms. The van der Waals surface area contributed by atoms with Crippen molar-refractivity contribution in [1.29, 1.82) is 0 Å². The van der Waals surface area contributed by atoms with E-state index in [0.717, 1.165) is 11.7 Å². The summed E-state index contributed by atoms with van der Waals surface area (Å²) in [6.07, 6.45) is 0.772. The van der Waals surface area contributed by atoms with E-state index in [1.807, 2.05) is 0 Å². The van der Waals surface area contributed by atoms with Crippen molar-refractivity contribution in [2.45, 2.75) is 6.42 Å². The van der Waals surface area contributed by atoms with E-state index in [2.05, 4.69) is 6.58 Å². The van der Waals surface area contributed by atoms with Crippen molar-refractivity contribution in [3.8, 4) is 0 Å². The second-order valence-corrected chi connectivity index (χ2v) is 4.58. The van der Waals surface area contributed by atoms with Gasteiger partial charge in [-0.2, -0.15) is 0 Å². The summed E-state index contributed by atoms with van der Waals surface area (Å²) >= 11 is 0. The molecule has 0 aliphatic carbocycles. The maximum Gasteiger partial charge on any atom is 0.224 e. The maximum absolute atomic E-state index is 11.0. The highest BCUT2D eigenvalue weighted by Gasteiger charge is 2.25. The summed E-state index contributed by atoms with van der Waals surface area (Å²) in [6, 6.07) is 0. The third kappa shape index (κ3) is 0.862. The zero-order chi connectivity index (χ0) is 6.20. The SMILES string of the molecule is C=C1CCOP1(C)=O. The molecule has 1 aliphatic rings.